The van der Waals surface area contributed by atoms with E-state index in [0.29, 0.717) is 5.95 Å². The van der Waals surface area contributed by atoms with Gasteiger partial charge in [-0.3, -0.25) is 4.57 Å². The van der Waals surface area contributed by atoms with Crippen LogP contribution in [0, 0.1) is 0 Å². The van der Waals surface area contributed by atoms with E-state index in [1.165, 1.54) is 22.3 Å². The van der Waals surface area contributed by atoms with Crippen molar-refractivity contribution in [2.24, 2.45) is 0 Å². The summed E-state index contributed by atoms with van der Waals surface area (Å²) >= 11 is 0. The van der Waals surface area contributed by atoms with E-state index in [1.807, 2.05) is 12.1 Å². The van der Waals surface area contributed by atoms with Gasteiger partial charge >= 0.3 is 0 Å². The molecular weight excluding hydrogens is 623 g/mol. The Bertz CT molecular complexity index is 2920. The van der Waals surface area contributed by atoms with Gasteiger partial charge in [0.05, 0.1) is 16.7 Å². The number of rotatable bonds is 4. The van der Waals surface area contributed by atoms with Crippen LogP contribution in [0.25, 0.3) is 72.0 Å². The van der Waals surface area contributed by atoms with Gasteiger partial charge in [0.15, 0.2) is 5.58 Å². The standard InChI is InChI=1S/C47H29N3O/c1-4-16-30(17-5-1)42-36-24-11-14-26-39(36)48-46(49-42)50-40-27-15-12-22-33(40)34-28-29-37-41-35-23-10-13-25-38(35)47(31-18-6-2-7-19-31,32-20-8-3-9-21-32)45(41)51-44(37)43(34)50/h1-29H. The van der Waals surface area contributed by atoms with Gasteiger partial charge in [0, 0.05) is 32.7 Å². The van der Waals surface area contributed by atoms with Crippen LogP contribution in [0.4, 0.5) is 0 Å². The van der Waals surface area contributed by atoms with E-state index in [2.05, 4.69) is 168 Å². The van der Waals surface area contributed by atoms with Gasteiger partial charge in [0.25, 0.3) is 0 Å². The Morgan fingerprint density at radius 1 is 0.490 bits per heavy atom. The fourth-order valence-electron chi connectivity index (χ4n) is 8.59. The molecular formula is C47H29N3O. The smallest absolute Gasteiger partial charge is 0.235 e. The summed E-state index contributed by atoms with van der Waals surface area (Å²) in [5, 5.41) is 4.32. The molecule has 0 saturated heterocycles. The second-order valence-corrected chi connectivity index (χ2v) is 13.3. The molecule has 0 saturated carbocycles. The maximum absolute atomic E-state index is 7.45. The molecule has 238 valence electrons. The first-order valence-corrected chi connectivity index (χ1v) is 17.3. The van der Waals surface area contributed by atoms with Gasteiger partial charge < -0.3 is 4.42 Å². The summed E-state index contributed by atoms with van der Waals surface area (Å²) in [7, 11) is 0. The SMILES string of the molecule is c1ccc(-c2nc(-n3c4ccccc4c4ccc5c6c(oc5c43)C(c3ccccc3)(c3ccccc3)c3ccccc3-6)nc3ccccc23)cc1. The zero-order chi connectivity index (χ0) is 33.5. The highest BCUT2D eigenvalue weighted by Crippen LogP contribution is 2.59. The van der Waals surface area contributed by atoms with Crippen LogP contribution in [0.3, 0.4) is 0 Å². The Labute approximate surface area is 293 Å². The van der Waals surface area contributed by atoms with Crippen LogP contribution in [-0.4, -0.2) is 14.5 Å². The van der Waals surface area contributed by atoms with Crippen molar-refractivity contribution in [3.8, 4) is 28.3 Å². The number of furan rings is 1. The largest absolute Gasteiger partial charge is 0.456 e. The Hall–Kier alpha value is -6.78. The van der Waals surface area contributed by atoms with Crippen LogP contribution in [0.5, 0.6) is 0 Å². The molecule has 0 bridgehead atoms. The third kappa shape index (κ3) is 3.79. The van der Waals surface area contributed by atoms with Gasteiger partial charge in [-0.2, -0.15) is 0 Å². The van der Waals surface area contributed by atoms with Crippen molar-refractivity contribution in [2.45, 2.75) is 5.41 Å². The molecule has 0 atom stereocenters. The average molecular weight is 652 g/mol. The van der Waals surface area contributed by atoms with Gasteiger partial charge in [-0.25, -0.2) is 9.97 Å². The summed E-state index contributed by atoms with van der Waals surface area (Å²) in [5.41, 5.74) is 10.9. The van der Waals surface area contributed by atoms with Crippen molar-refractivity contribution in [3.63, 3.8) is 0 Å². The first kappa shape index (κ1) is 28.1. The molecule has 3 aromatic heterocycles. The normalized spacial score (nSPS) is 13.3. The van der Waals surface area contributed by atoms with Gasteiger partial charge in [0.2, 0.25) is 5.95 Å². The molecule has 1 aliphatic carbocycles. The van der Waals surface area contributed by atoms with Crippen molar-refractivity contribution >= 4 is 43.7 Å². The number of nitrogens with zero attached hydrogens (tertiary/aromatic N) is 3. The molecule has 10 aromatic rings. The quantitative estimate of drug-likeness (QED) is 0.190. The first-order chi connectivity index (χ1) is 25.3. The second-order valence-electron chi connectivity index (χ2n) is 13.3. The van der Waals surface area contributed by atoms with E-state index in [-0.39, 0.29) is 0 Å². The van der Waals surface area contributed by atoms with Crippen LogP contribution in [0.1, 0.15) is 22.5 Å². The van der Waals surface area contributed by atoms with Crippen molar-refractivity contribution in [1.82, 2.24) is 14.5 Å². The molecule has 0 fully saturated rings. The monoisotopic (exact) mass is 651 g/mol. The lowest BCUT2D eigenvalue weighted by atomic mass is 9.70. The number of para-hydroxylation sites is 2. The summed E-state index contributed by atoms with van der Waals surface area (Å²) in [6.07, 6.45) is 0. The fourth-order valence-corrected chi connectivity index (χ4v) is 8.59. The number of benzene rings is 7. The lowest BCUT2D eigenvalue weighted by Gasteiger charge is -2.31. The minimum absolute atomic E-state index is 0.612. The van der Waals surface area contributed by atoms with E-state index >= 15 is 0 Å². The maximum Gasteiger partial charge on any atom is 0.235 e. The van der Waals surface area contributed by atoms with Crippen molar-refractivity contribution in [1.29, 1.82) is 0 Å². The van der Waals surface area contributed by atoms with Gasteiger partial charge in [0.1, 0.15) is 16.7 Å². The maximum atomic E-state index is 7.45. The predicted octanol–water partition coefficient (Wildman–Crippen LogP) is 11.5. The lowest BCUT2D eigenvalue weighted by molar-refractivity contribution is 0.503. The van der Waals surface area contributed by atoms with Crippen molar-refractivity contribution < 1.29 is 4.42 Å². The zero-order valence-corrected chi connectivity index (χ0v) is 27.5. The molecule has 7 aromatic carbocycles. The van der Waals surface area contributed by atoms with Gasteiger partial charge in [-0.15, -0.1) is 0 Å². The van der Waals surface area contributed by atoms with E-state index in [0.717, 1.165) is 66.3 Å². The van der Waals surface area contributed by atoms with E-state index in [4.69, 9.17) is 14.4 Å². The van der Waals surface area contributed by atoms with Crippen LogP contribution in [0.2, 0.25) is 0 Å². The van der Waals surface area contributed by atoms with Crippen molar-refractivity contribution in [3.05, 3.63) is 198 Å². The highest BCUT2D eigenvalue weighted by molar-refractivity contribution is 6.20. The molecule has 0 N–H and O–H groups in total. The highest BCUT2D eigenvalue weighted by Gasteiger charge is 2.50. The molecule has 11 rings (SSSR count). The van der Waals surface area contributed by atoms with Crippen LogP contribution >= 0.6 is 0 Å². The average Bonchev–Trinajstić information content (AvgIpc) is 3.85. The van der Waals surface area contributed by atoms with Gasteiger partial charge in [-0.1, -0.05) is 158 Å². The fraction of sp³-hybridized carbons (Fsp3) is 0.0213. The minimum Gasteiger partial charge on any atom is -0.456 e. The van der Waals surface area contributed by atoms with Crippen molar-refractivity contribution in [2.75, 3.05) is 0 Å². The molecule has 0 spiro atoms. The molecule has 1 aliphatic rings. The number of hydrogen-bond donors (Lipinski definition) is 0. The highest BCUT2D eigenvalue weighted by atomic mass is 16.3. The molecule has 51 heavy (non-hydrogen) atoms. The second kappa shape index (κ2) is 10.6. The summed E-state index contributed by atoms with van der Waals surface area (Å²) in [6, 6.07) is 62.0. The molecule has 0 unspecified atom stereocenters. The Morgan fingerprint density at radius 3 is 1.86 bits per heavy atom. The summed E-state index contributed by atoms with van der Waals surface area (Å²) < 4.78 is 9.66. The van der Waals surface area contributed by atoms with Gasteiger partial charge in [-0.05, 0) is 40.5 Å². The first-order valence-electron chi connectivity index (χ1n) is 17.3. The van der Waals surface area contributed by atoms with Crippen LogP contribution in [0.15, 0.2) is 180 Å². The molecule has 4 nitrogen and oxygen atoms in total. The number of aromatic nitrogens is 3. The third-order valence-electron chi connectivity index (χ3n) is 10.7. The van der Waals surface area contributed by atoms with E-state index in [9.17, 15) is 0 Å². The molecule has 4 heteroatoms. The van der Waals surface area contributed by atoms with E-state index in [1.54, 1.807) is 0 Å². The third-order valence-corrected chi connectivity index (χ3v) is 10.7. The number of fused-ring (bicyclic) bond motifs is 10. The molecule has 0 amide bonds. The van der Waals surface area contributed by atoms with Crippen LogP contribution < -0.4 is 0 Å². The Balaban J connectivity index is 1.30. The number of hydrogen-bond acceptors (Lipinski definition) is 3. The van der Waals surface area contributed by atoms with Crippen LogP contribution in [-0.2, 0) is 5.41 Å². The molecule has 0 radical (unpaired) electrons. The zero-order valence-electron chi connectivity index (χ0n) is 27.5. The van der Waals surface area contributed by atoms with E-state index < -0.39 is 5.41 Å². The predicted molar refractivity (Wildman–Crippen MR) is 206 cm³/mol. The Kier molecular flexibility index (Phi) is 5.84. The summed E-state index contributed by atoms with van der Waals surface area (Å²) in [6.45, 7) is 0. The summed E-state index contributed by atoms with van der Waals surface area (Å²) in [4.78, 5) is 10.6. The Morgan fingerprint density at radius 2 is 1.10 bits per heavy atom. The molecule has 3 heterocycles. The topological polar surface area (TPSA) is 43.9 Å². The lowest BCUT2D eigenvalue weighted by Crippen LogP contribution is -2.28. The summed E-state index contributed by atoms with van der Waals surface area (Å²) in [5.74, 6) is 1.55. The minimum atomic E-state index is -0.642. The molecule has 0 aliphatic heterocycles.